The lowest BCUT2D eigenvalue weighted by Gasteiger charge is -2.22. The zero-order valence-corrected chi connectivity index (χ0v) is 13.3. The summed E-state index contributed by atoms with van der Waals surface area (Å²) >= 11 is 0. The Kier molecular flexibility index (Phi) is 4.78. The van der Waals surface area contributed by atoms with Crippen molar-refractivity contribution in [2.24, 2.45) is 11.8 Å². The highest BCUT2D eigenvalue weighted by Gasteiger charge is 2.17. The molecule has 0 bridgehead atoms. The van der Waals surface area contributed by atoms with E-state index in [4.69, 9.17) is 10.6 Å². The smallest absolute Gasteiger partial charge is 0.143 e. The molecular formula is C18H25N3O. The molecule has 0 saturated heterocycles. The minimum Gasteiger partial charge on any atom is -0.494 e. The van der Waals surface area contributed by atoms with E-state index in [-0.39, 0.29) is 0 Å². The third-order valence-electron chi connectivity index (χ3n) is 4.55. The van der Waals surface area contributed by atoms with E-state index >= 15 is 0 Å². The number of nitrogens with one attached hydrogen (secondary N) is 1. The van der Waals surface area contributed by atoms with Crippen LogP contribution in [0.4, 0.5) is 5.82 Å². The average Bonchev–Trinajstić information content (AvgIpc) is 2.55. The predicted octanol–water partition coefficient (Wildman–Crippen LogP) is 4.04. The fraction of sp³-hybridized carbons (Fsp3) is 0.500. The molecule has 2 aromatic rings. The van der Waals surface area contributed by atoms with E-state index < -0.39 is 0 Å². The highest BCUT2D eigenvalue weighted by atomic mass is 16.5. The van der Waals surface area contributed by atoms with Crippen LogP contribution in [0.3, 0.4) is 0 Å². The van der Waals surface area contributed by atoms with Crippen molar-refractivity contribution in [3.8, 4) is 5.75 Å². The van der Waals surface area contributed by atoms with E-state index in [0.29, 0.717) is 6.61 Å². The number of rotatable bonds is 5. The van der Waals surface area contributed by atoms with Crippen LogP contribution in [-0.2, 0) is 6.42 Å². The molecule has 22 heavy (non-hydrogen) atoms. The lowest BCUT2D eigenvalue weighted by Crippen LogP contribution is -2.15. The molecule has 0 radical (unpaired) electrons. The molecule has 3 rings (SSSR count). The van der Waals surface area contributed by atoms with Crippen LogP contribution in [0.2, 0.25) is 0 Å². The summed E-state index contributed by atoms with van der Waals surface area (Å²) in [6, 6.07) is 8.23. The number of benzene rings is 1. The van der Waals surface area contributed by atoms with Crippen LogP contribution in [0.1, 0.15) is 44.6 Å². The SMILES string of the molecule is CCOc1ccc2nc(NN)c(CC3CCCCC3)cc2c1. The van der Waals surface area contributed by atoms with Crippen molar-refractivity contribution < 1.29 is 4.74 Å². The molecule has 1 aromatic heterocycles. The van der Waals surface area contributed by atoms with Crippen LogP contribution in [0.15, 0.2) is 24.3 Å². The summed E-state index contributed by atoms with van der Waals surface area (Å²) in [5.74, 6) is 8.15. The van der Waals surface area contributed by atoms with Gasteiger partial charge in [-0.2, -0.15) is 0 Å². The Balaban J connectivity index is 1.92. The summed E-state index contributed by atoms with van der Waals surface area (Å²) < 4.78 is 5.59. The Hall–Kier alpha value is -1.81. The van der Waals surface area contributed by atoms with Crippen LogP contribution in [0.5, 0.6) is 5.75 Å². The monoisotopic (exact) mass is 299 g/mol. The molecular weight excluding hydrogens is 274 g/mol. The van der Waals surface area contributed by atoms with Gasteiger partial charge in [0.05, 0.1) is 12.1 Å². The van der Waals surface area contributed by atoms with Gasteiger partial charge in [0.1, 0.15) is 11.6 Å². The summed E-state index contributed by atoms with van der Waals surface area (Å²) in [6.07, 6.45) is 7.78. The molecule has 1 fully saturated rings. The zero-order chi connectivity index (χ0) is 15.4. The molecule has 4 heteroatoms. The maximum absolute atomic E-state index is 5.69. The van der Waals surface area contributed by atoms with Crippen LogP contribution in [0.25, 0.3) is 10.9 Å². The molecule has 0 atom stereocenters. The molecule has 0 unspecified atom stereocenters. The van der Waals surface area contributed by atoms with Crippen molar-refractivity contribution in [3.05, 3.63) is 29.8 Å². The largest absolute Gasteiger partial charge is 0.494 e. The van der Waals surface area contributed by atoms with E-state index in [2.05, 4.69) is 22.5 Å². The lowest BCUT2D eigenvalue weighted by atomic mass is 9.85. The number of hydrogen-bond acceptors (Lipinski definition) is 4. The second-order valence-corrected chi connectivity index (χ2v) is 6.14. The van der Waals surface area contributed by atoms with Gasteiger partial charge in [0, 0.05) is 5.39 Å². The number of hydrazine groups is 1. The topological polar surface area (TPSA) is 60.2 Å². The minimum atomic E-state index is 0.677. The van der Waals surface area contributed by atoms with E-state index in [1.54, 1.807) is 0 Å². The molecule has 1 saturated carbocycles. The minimum absolute atomic E-state index is 0.677. The van der Waals surface area contributed by atoms with Crippen LogP contribution < -0.4 is 16.0 Å². The summed E-state index contributed by atoms with van der Waals surface area (Å²) in [4.78, 5) is 4.67. The molecule has 1 aliphatic carbocycles. The number of nitrogens with two attached hydrogens (primary N) is 1. The third kappa shape index (κ3) is 3.33. The number of hydrogen-bond donors (Lipinski definition) is 2. The van der Waals surface area contributed by atoms with Crippen LogP contribution in [-0.4, -0.2) is 11.6 Å². The van der Waals surface area contributed by atoms with Gasteiger partial charge in [-0.05, 0) is 49.1 Å². The molecule has 118 valence electrons. The Labute approximate surface area is 132 Å². The van der Waals surface area contributed by atoms with E-state index in [9.17, 15) is 0 Å². The summed E-state index contributed by atoms with van der Waals surface area (Å²) in [7, 11) is 0. The predicted molar refractivity (Wildman–Crippen MR) is 91.0 cm³/mol. The van der Waals surface area contributed by atoms with Gasteiger partial charge in [-0.15, -0.1) is 0 Å². The first-order valence-electron chi connectivity index (χ1n) is 8.33. The van der Waals surface area contributed by atoms with Crippen molar-refractivity contribution in [3.63, 3.8) is 0 Å². The number of anilines is 1. The number of nitrogen functional groups attached to an aromatic ring is 1. The highest BCUT2D eigenvalue weighted by molar-refractivity contribution is 5.83. The van der Waals surface area contributed by atoms with E-state index in [1.165, 1.54) is 37.7 Å². The van der Waals surface area contributed by atoms with Crippen LogP contribution in [0, 0.1) is 5.92 Å². The molecule has 1 heterocycles. The maximum atomic E-state index is 5.69. The molecule has 0 aliphatic heterocycles. The van der Waals surface area contributed by atoms with E-state index in [1.807, 2.05) is 19.1 Å². The normalized spacial score (nSPS) is 15.9. The fourth-order valence-corrected chi connectivity index (χ4v) is 3.44. The van der Waals surface area contributed by atoms with Crippen molar-refractivity contribution in [2.75, 3.05) is 12.0 Å². The Bertz CT molecular complexity index is 636. The van der Waals surface area contributed by atoms with Gasteiger partial charge >= 0.3 is 0 Å². The van der Waals surface area contributed by atoms with Gasteiger partial charge in [-0.3, -0.25) is 0 Å². The number of fused-ring (bicyclic) bond motifs is 1. The maximum Gasteiger partial charge on any atom is 0.143 e. The van der Waals surface area contributed by atoms with Gasteiger partial charge < -0.3 is 10.2 Å². The lowest BCUT2D eigenvalue weighted by molar-refractivity contribution is 0.340. The van der Waals surface area contributed by atoms with Gasteiger partial charge in [0.15, 0.2) is 0 Å². The average molecular weight is 299 g/mol. The molecule has 4 nitrogen and oxygen atoms in total. The fourth-order valence-electron chi connectivity index (χ4n) is 3.44. The zero-order valence-electron chi connectivity index (χ0n) is 13.3. The van der Waals surface area contributed by atoms with Crippen molar-refractivity contribution in [2.45, 2.75) is 45.4 Å². The Morgan fingerprint density at radius 2 is 2.05 bits per heavy atom. The first kappa shape index (κ1) is 15.1. The summed E-state index contributed by atoms with van der Waals surface area (Å²) in [5.41, 5.74) is 4.94. The summed E-state index contributed by atoms with van der Waals surface area (Å²) in [5, 5.41) is 1.12. The highest BCUT2D eigenvalue weighted by Crippen LogP contribution is 2.31. The van der Waals surface area contributed by atoms with Gasteiger partial charge in [-0.1, -0.05) is 32.1 Å². The Morgan fingerprint density at radius 3 is 2.77 bits per heavy atom. The first-order valence-corrected chi connectivity index (χ1v) is 8.33. The number of nitrogens with zero attached hydrogens (tertiary/aromatic N) is 1. The molecule has 3 N–H and O–H groups in total. The van der Waals surface area contributed by atoms with Crippen LogP contribution >= 0.6 is 0 Å². The third-order valence-corrected chi connectivity index (χ3v) is 4.55. The van der Waals surface area contributed by atoms with E-state index in [0.717, 1.165) is 34.8 Å². The molecule has 1 aliphatic rings. The van der Waals surface area contributed by atoms with Crippen molar-refractivity contribution in [1.82, 2.24) is 4.98 Å². The van der Waals surface area contributed by atoms with Gasteiger partial charge in [-0.25, -0.2) is 10.8 Å². The quantitative estimate of drug-likeness (QED) is 0.646. The van der Waals surface area contributed by atoms with Crippen molar-refractivity contribution in [1.29, 1.82) is 0 Å². The second-order valence-electron chi connectivity index (χ2n) is 6.14. The number of ether oxygens (including phenoxy) is 1. The first-order chi connectivity index (χ1) is 10.8. The van der Waals surface area contributed by atoms with Crippen molar-refractivity contribution >= 4 is 16.7 Å². The molecule has 1 aromatic carbocycles. The Morgan fingerprint density at radius 1 is 1.23 bits per heavy atom. The second kappa shape index (κ2) is 6.97. The van der Waals surface area contributed by atoms with Gasteiger partial charge in [0.25, 0.3) is 0 Å². The molecule has 0 amide bonds. The summed E-state index contributed by atoms with van der Waals surface area (Å²) in [6.45, 7) is 2.68. The number of pyridine rings is 1. The standard InChI is InChI=1S/C18H25N3O/c1-2-22-16-8-9-17-14(12-16)11-15(18(20-17)21-19)10-13-6-4-3-5-7-13/h8-9,11-13H,2-7,10,19H2,1H3,(H,20,21). The number of aromatic nitrogens is 1. The molecule has 0 spiro atoms. The van der Waals surface area contributed by atoms with Gasteiger partial charge in [0.2, 0.25) is 0 Å².